The Morgan fingerprint density at radius 2 is 2.00 bits per heavy atom. The highest BCUT2D eigenvalue weighted by Crippen LogP contribution is 2.29. The number of hydrogen-bond donors (Lipinski definition) is 1. The molecule has 118 valence electrons. The lowest BCUT2D eigenvalue weighted by atomic mass is 9.79. The standard InChI is InChI=1S/C18H26N4/c1-14-15(11-21-10-9-17(19)18(2,3)13-21)12-22(20-14)16-7-5-4-6-8-16/h4-8,12,17H,9-11,13,19H2,1-3H3. The van der Waals surface area contributed by atoms with Gasteiger partial charge in [0.2, 0.25) is 0 Å². The Hall–Kier alpha value is -1.65. The number of rotatable bonds is 3. The molecular formula is C18H26N4. The van der Waals surface area contributed by atoms with Gasteiger partial charge in [0, 0.05) is 37.4 Å². The number of aromatic nitrogens is 2. The minimum atomic E-state index is 0.182. The maximum Gasteiger partial charge on any atom is 0.0645 e. The maximum absolute atomic E-state index is 6.24. The lowest BCUT2D eigenvalue weighted by Gasteiger charge is -2.42. The van der Waals surface area contributed by atoms with Crippen LogP contribution >= 0.6 is 0 Å². The molecular weight excluding hydrogens is 272 g/mol. The van der Waals surface area contributed by atoms with Crippen LogP contribution in [0.1, 0.15) is 31.5 Å². The molecule has 22 heavy (non-hydrogen) atoms. The van der Waals surface area contributed by atoms with Crippen molar-refractivity contribution in [1.29, 1.82) is 0 Å². The van der Waals surface area contributed by atoms with E-state index in [2.05, 4.69) is 49.1 Å². The Morgan fingerprint density at radius 3 is 2.68 bits per heavy atom. The lowest BCUT2D eigenvalue weighted by Crippen LogP contribution is -2.52. The van der Waals surface area contributed by atoms with E-state index in [1.54, 1.807) is 0 Å². The summed E-state index contributed by atoms with van der Waals surface area (Å²) in [7, 11) is 0. The van der Waals surface area contributed by atoms with E-state index in [-0.39, 0.29) is 5.41 Å². The third kappa shape index (κ3) is 3.08. The molecule has 2 heterocycles. The average molecular weight is 298 g/mol. The molecule has 0 spiro atoms. The predicted octanol–water partition coefficient (Wildman–Crippen LogP) is 2.74. The van der Waals surface area contributed by atoms with Gasteiger partial charge in [0.15, 0.2) is 0 Å². The summed E-state index contributed by atoms with van der Waals surface area (Å²) in [5.74, 6) is 0. The van der Waals surface area contributed by atoms with E-state index in [9.17, 15) is 0 Å². The Labute approximate surface area is 132 Å². The van der Waals surface area contributed by atoms with Gasteiger partial charge in [0.05, 0.1) is 11.4 Å². The third-order valence-corrected chi connectivity index (χ3v) is 4.81. The van der Waals surface area contributed by atoms with Crippen molar-refractivity contribution in [3.63, 3.8) is 0 Å². The first kappa shape index (κ1) is 15.3. The van der Waals surface area contributed by atoms with E-state index in [1.165, 1.54) is 5.56 Å². The molecule has 0 amide bonds. The third-order valence-electron chi connectivity index (χ3n) is 4.81. The molecule has 3 rings (SSSR count). The van der Waals surface area contributed by atoms with Crippen LogP contribution in [-0.2, 0) is 6.54 Å². The zero-order valence-electron chi connectivity index (χ0n) is 13.8. The monoisotopic (exact) mass is 298 g/mol. The molecule has 2 aromatic rings. The van der Waals surface area contributed by atoms with Gasteiger partial charge in [0.25, 0.3) is 0 Å². The molecule has 1 aromatic carbocycles. The first-order valence-corrected chi connectivity index (χ1v) is 8.04. The van der Waals surface area contributed by atoms with Crippen molar-refractivity contribution in [3.05, 3.63) is 47.8 Å². The average Bonchev–Trinajstić information content (AvgIpc) is 2.85. The summed E-state index contributed by atoms with van der Waals surface area (Å²) in [6.45, 7) is 9.70. The van der Waals surface area contributed by atoms with Crippen LogP contribution in [0.25, 0.3) is 5.69 Å². The highest BCUT2D eigenvalue weighted by Gasteiger charge is 2.33. The van der Waals surface area contributed by atoms with Gasteiger partial charge in [-0.05, 0) is 30.9 Å². The van der Waals surface area contributed by atoms with Crippen molar-refractivity contribution in [2.75, 3.05) is 13.1 Å². The van der Waals surface area contributed by atoms with Gasteiger partial charge in [-0.25, -0.2) is 4.68 Å². The second kappa shape index (κ2) is 5.86. The number of likely N-dealkylation sites (tertiary alicyclic amines) is 1. The van der Waals surface area contributed by atoms with Gasteiger partial charge in [-0.2, -0.15) is 5.10 Å². The molecule has 0 radical (unpaired) electrons. The van der Waals surface area contributed by atoms with Gasteiger partial charge in [-0.3, -0.25) is 4.90 Å². The number of nitrogens with zero attached hydrogens (tertiary/aromatic N) is 3. The highest BCUT2D eigenvalue weighted by atomic mass is 15.3. The molecule has 0 saturated carbocycles. The van der Waals surface area contributed by atoms with Crippen molar-refractivity contribution in [2.45, 2.75) is 39.8 Å². The number of piperidine rings is 1. The molecule has 1 atom stereocenters. The SMILES string of the molecule is Cc1nn(-c2ccccc2)cc1CN1CCC(N)C(C)(C)C1. The molecule has 1 unspecified atom stereocenters. The molecule has 1 aromatic heterocycles. The number of benzene rings is 1. The topological polar surface area (TPSA) is 47.1 Å². The predicted molar refractivity (Wildman–Crippen MR) is 90.0 cm³/mol. The van der Waals surface area contributed by atoms with Crippen LogP contribution in [0.5, 0.6) is 0 Å². The van der Waals surface area contributed by atoms with Crippen LogP contribution in [0.15, 0.2) is 36.5 Å². The summed E-state index contributed by atoms with van der Waals surface area (Å²) in [5.41, 5.74) is 9.94. The maximum atomic E-state index is 6.24. The second-order valence-corrected chi connectivity index (χ2v) is 7.11. The zero-order chi connectivity index (χ0) is 15.7. The van der Waals surface area contributed by atoms with Crippen LogP contribution in [0.3, 0.4) is 0 Å². The van der Waals surface area contributed by atoms with Crippen LogP contribution in [0, 0.1) is 12.3 Å². The number of para-hydroxylation sites is 1. The van der Waals surface area contributed by atoms with Crippen molar-refractivity contribution >= 4 is 0 Å². The largest absolute Gasteiger partial charge is 0.327 e. The second-order valence-electron chi connectivity index (χ2n) is 7.11. The molecule has 0 bridgehead atoms. The fraction of sp³-hybridized carbons (Fsp3) is 0.500. The molecule has 1 aliphatic heterocycles. The van der Waals surface area contributed by atoms with Gasteiger partial charge in [-0.15, -0.1) is 0 Å². The van der Waals surface area contributed by atoms with E-state index in [1.807, 2.05) is 22.9 Å². The van der Waals surface area contributed by atoms with Crippen LogP contribution in [-0.4, -0.2) is 33.8 Å². The summed E-state index contributed by atoms with van der Waals surface area (Å²) >= 11 is 0. The normalized spacial score (nSPS) is 21.9. The van der Waals surface area contributed by atoms with E-state index < -0.39 is 0 Å². The summed E-state index contributed by atoms with van der Waals surface area (Å²) in [6, 6.07) is 10.6. The Balaban J connectivity index is 1.75. The Morgan fingerprint density at radius 1 is 1.27 bits per heavy atom. The fourth-order valence-electron chi connectivity index (χ4n) is 3.22. The van der Waals surface area contributed by atoms with E-state index in [0.717, 1.165) is 37.4 Å². The van der Waals surface area contributed by atoms with Crippen LogP contribution in [0.2, 0.25) is 0 Å². The summed E-state index contributed by atoms with van der Waals surface area (Å²) in [5, 5.41) is 4.66. The summed E-state index contributed by atoms with van der Waals surface area (Å²) in [4.78, 5) is 2.50. The minimum Gasteiger partial charge on any atom is -0.327 e. The molecule has 1 saturated heterocycles. The smallest absolute Gasteiger partial charge is 0.0645 e. The fourth-order valence-corrected chi connectivity index (χ4v) is 3.22. The minimum absolute atomic E-state index is 0.182. The first-order valence-electron chi connectivity index (χ1n) is 8.04. The van der Waals surface area contributed by atoms with Gasteiger partial charge < -0.3 is 5.73 Å². The van der Waals surface area contributed by atoms with Crippen molar-refractivity contribution in [3.8, 4) is 5.69 Å². The van der Waals surface area contributed by atoms with E-state index in [4.69, 9.17) is 5.73 Å². The molecule has 4 heteroatoms. The number of hydrogen-bond acceptors (Lipinski definition) is 3. The quantitative estimate of drug-likeness (QED) is 0.948. The Kier molecular flexibility index (Phi) is 4.06. The Bertz CT molecular complexity index is 630. The lowest BCUT2D eigenvalue weighted by molar-refractivity contribution is 0.0897. The van der Waals surface area contributed by atoms with Gasteiger partial charge in [-0.1, -0.05) is 32.0 Å². The molecule has 1 aliphatic rings. The van der Waals surface area contributed by atoms with Crippen LogP contribution in [0.4, 0.5) is 0 Å². The zero-order valence-corrected chi connectivity index (χ0v) is 13.8. The summed E-state index contributed by atoms with van der Waals surface area (Å²) < 4.78 is 1.98. The van der Waals surface area contributed by atoms with Crippen molar-refractivity contribution in [2.24, 2.45) is 11.1 Å². The first-order chi connectivity index (χ1) is 10.5. The van der Waals surface area contributed by atoms with Crippen LogP contribution < -0.4 is 5.73 Å². The van der Waals surface area contributed by atoms with Gasteiger partial charge in [0.1, 0.15) is 0 Å². The molecule has 4 nitrogen and oxygen atoms in total. The highest BCUT2D eigenvalue weighted by molar-refractivity contribution is 5.32. The van der Waals surface area contributed by atoms with E-state index >= 15 is 0 Å². The van der Waals surface area contributed by atoms with Gasteiger partial charge >= 0.3 is 0 Å². The molecule has 1 fully saturated rings. The van der Waals surface area contributed by atoms with Crippen molar-refractivity contribution < 1.29 is 0 Å². The number of nitrogens with two attached hydrogens (primary N) is 1. The molecule has 2 N–H and O–H groups in total. The van der Waals surface area contributed by atoms with E-state index in [0.29, 0.717) is 6.04 Å². The summed E-state index contributed by atoms with van der Waals surface area (Å²) in [6.07, 6.45) is 3.23. The number of aryl methyl sites for hydroxylation is 1. The molecule has 0 aliphatic carbocycles. The van der Waals surface area contributed by atoms with Crippen molar-refractivity contribution in [1.82, 2.24) is 14.7 Å².